The van der Waals surface area contributed by atoms with Gasteiger partial charge in [0.15, 0.2) is 23.0 Å². The summed E-state index contributed by atoms with van der Waals surface area (Å²) in [6, 6.07) is 10.0. The minimum atomic E-state index is -0.472. The Hall–Kier alpha value is -3.75. The highest BCUT2D eigenvalue weighted by atomic mass is 16.5. The van der Waals surface area contributed by atoms with Crippen LogP contribution >= 0.6 is 0 Å². The summed E-state index contributed by atoms with van der Waals surface area (Å²) in [4.78, 5) is 24.2. The summed E-state index contributed by atoms with van der Waals surface area (Å²) in [5.41, 5.74) is 3.42. The van der Waals surface area contributed by atoms with Crippen molar-refractivity contribution >= 4 is 18.0 Å². The monoisotopic (exact) mass is 429 g/mol. The third kappa shape index (κ3) is 6.91. The Bertz CT molecular complexity index is 929. The van der Waals surface area contributed by atoms with Gasteiger partial charge in [-0.1, -0.05) is 6.92 Å². The van der Waals surface area contributed by atoms with Crippen molar-refractivity contribution in [2.75, 3.05) is 34.5 Å². The molecule has 0 unspecified atom stereocenters. The summed E-state index contributed by atoms with van der Waals surface area (Å²) in [6.45, 7) is 2.37. The summed E-state index contributed by atoms with van der Waals surface area (Å²) in [5.74, 6) is 1.25. The lowest BCUT2D eigenvalue weighted by atomic mass is 10.2. The Morgan fingerprint density at radius 3 is 2.29 bits per heavy atom. The van der Waals surface area contributed by atoms with Crippen molar-refractivity contribution in [3.8, 4) is 23.0 Å². The number of benzene rings is 2. The van der Waals surface area contributed by atoms with Gasteiger partial charge in [0.2, 0.25) is 0 Å². The number of carbonyl (C=O) groups excluding carboxylic acids is 2. The highest BCUT2D eigenvalue weighted by Gasteiger charge is 2.12. The molecule has 2 aromatic carbocycles. The molecular formula is C22H27N3O6. The van der Waals surface area contributed by atoms with Gasteiger partial charge in [0, 0.05) is 5.56 Å². The van der Waals surface area contributed by atoms with Gasteiger partial charge in [-0.25, -0.2) is 5.43 Å². The molecule has 0 aliphatic rings. The van der Waals surface area contributed by atoms with Crippen LogP contribution in [0, 0.1) is 0 Å². The standard InChI is InChI=1S/C22H27N3O6/c1-5-10-31-18-8-6-15(11-19(18)29-3)13-24-25-21(26)14-23-22(27)16-7-9-17(28-2)20(12-16)30-4/h6-9,11-13H,5,10,14H2,1-4H3,(H,23,27)(H,25,26)/b24-13+. The highest BCUT2D eigenvalue weighted by molar-refractivity contribution is 5.97. The van der Waals surface area contributed by atoms with Crippen molar-refractivity contribution < 1.29 is 28.5 Å². The summed E-state index contributed by atoms with van der Waals surface area (Å²) in [5, 5.41) is 6.42. The van der Waals surface area contributed by atoms with Crippen molar-refractivity contribution in [1.29, 1.82) is 0 Å². The molecule has 2 N–H and O–H groups in total. The van der Waals surface area contributed by atoms with E-state index in [1.54, 1.807) is 37.4 Å². The quantitative estimate of drug-likeness (QED) is 0.420. The molecule has 2 rings (SSSR count). The summed E-state index contributed by atoms with van der Waals surface area (Å²) >= 11 is 0. The molecule has 2 aromatic rings. The zero-order valence-corrected chi connectivity index (χ0v) is 18.1. The molecule has 0 aliphatic carbocycles. The third-order valence-corrected chi connectivity index (χ3v) is 4.11. The van der Waals surface area contributed by atoms with Gasteiger partial charge in [0.25, 0.3) is 11.8 Å². The molecule has 0 fully saturated rings. The lowest BCUT2D eigenvalue weighted by Crippen LogP contribution is -2.34. The Balaban J connectivity index is 1.87. The van der Waals surface area contributed by atoms with E-state index in [1.807, 2.05) is 6.92 Å². The SMILES string of the molecule is CCCOc1ccc(/C=N/NC(=O)CNC(=O)c2ccc(OC)c(OC)c2)cc1OC. The molecule has 166 valence electrons. The van der Waals surface area contributed by atoms with Crippen molar-refractivity contribution in [3.63, 3.8) is 0 Å². The summed E-state index contributed by atoms with van der Waals surface area (Å²) < 4.78 is 21.2. The van der Waals surface area contributed by atoms with E-state index in [1.165, 1.54) is 26.5 Å². The van der Waals surface area contributed by atoms with E-state index in [0.29, 0.717) is 35.2 Å². The molecule has 0 atom stereocenters. The number of carbonyl (C=O) groups is 2. The molecule has 0 aromatic heterocycles. The lowest BCUT2D eigenvalue weighted by molar-refractivity contribution is -0.120. The third-order valence-electron chi connectivity index (χ3n) is 4.11. The summed E-state index contributed by atoms with van der Waals surface area (Å²) in [7, 11) is 4.54. The van der Waals surface area contributed by atoms with Crippen molar-refractivity contribution in [2.45, 2.75) is 13.3 Å². The maximum absolute atomic E-state index is 12.2. The number of methoxy groups -OCH3 is 3. The van der Waals surface area contributed by atoms with Gasteiger partial charge < -0.3 is 24.3 Å². The molecule has 2 amide bonds. The fourth-order valence-electron chi connectivity index (χ4n) is 2.55. The number of hydrogen-bond donors (Lipinski definition) is 2. The van der Waals surface area contributed by atoms with Crippen LogP contribution in [0.25, 0.3) is 0 Å². The summed E-state index contributed by atoms with van der Waals surface area (Å²) in [6.07, 6.45) is 2.36. The molecule has 0 aliphatic heterocycles. The molecule has 0 radical (unpaired) electrons. The number of nitrogens with zero attached hydrogens (tertiary/aromatic N) is 1. The van der Waals surface area contributed by atoms with E-state index in [2.05, 4.69) is 15.8 Å². The molecule has 31 heavy (non-hydrogen) atoms. The van der Waals surface area contributed by atoms with Crippen LogP contribution in [-0.2, 0) is 4.79 Å². The van der Waals surface area contributed by atoms with Gasteiger partial charge in [0.05, 0.1) is 40.7 Å². The first-order valence-electron chi connectivity index (χ1n) is 9.65. The van der Waals surface area contributed by atoms with Crippen LogP contribution in [0.4, 0.5) is 0 Å². The maximum Gasteiger partial charge on any atom is 0.259 e. The predicted molar refractivity (Wildman–Crippen MR) is 116 cm³/mol. The van der Waals surface area contributed by atoms with E-state index in [0.717, 1.165) is 12.0 Å². The normalized spacial score (nSPS) is 10.5. The van der Waals surface area contributed by atoms with Gasteiger partial charge in [-0.3, -0.25) is 9.59 Å². The van der Waals surface area contributed by atoms with Crippen LogP contribution in [0.2, 0.25) is 0 Å². The molecule has 9 nitrogen and oxygen atoms in total. The molecule has 0 heterocycles. The number of rotatable bonds is 11. The molecule has 0 saturated heterocycles. The van der Waals surface area contributed by atoms with Crippen molar-refractivity contribution in [1.82, 2.24) is 10.7 Å². The van der Waals surface area contributed by atoms with Crippen LogP contribution in [0.3, 0.4) is 0 Å². The van der Waals surface area contributed by atoms with E-state index in [-0.39, 0.29) is 6.54 Å². The number of amides is 2. The highest BCUT2D eigenvalue weighted by Crippen LogP contribution is 2.28. The molecular weight excluding hydrogens is 402 g/mol. The smallest absolute Gasteiger partial charge is 0.259 e. The maximum atomic E-state index is 12.2. The predicted octanol–water partition coefficient (Wildman–Crippen LogP) is 2.38. The Kier molecular flexibility index (Phi) is 9.15. The average Bonchev–Trinajstić information content (AvgIpc) is 2.80. The first kappa shape index (κ1) is 23.5. The number of hydrazone groups is 1. The van der Waals surface area contributed by atoms with Gasteiger partial charge >= 0.3 is 0 Å². The van der Waals surface area contributed by atoms with Crippen LogP contribution in [0.15, 0.2) is 41.5 Å². The first-order chi connectivity index (χ1) is 15.0. The number of hydrogen-bond acceptors (Lipinski definition) is 7. The fraction of sp³-hybridized carbons (Fsp3) is 0.318. The Morgan fingerprint density at radius 2 is 1.61 bits per heavy atom. The minimum absolute atomic E-state index is 0.238. The zero-order valence-electron chi connectivity index (χ0n) is 18.1. The van der Waals surface area contributed by atoms with Gasteiger partial charge in [0.1, 0.15) is 0 Å². The lowest BCUT2D eigenvalue weighted by Gasteiger charge is -2.10. The molecule has 0 bridgehead atoms. The second-order valence-electron chi connectivity index (χ2n) is 6.30. The molecule has 0 spiro atoms. The Morgan fingerprint density at radius 1 is 0.935 bits per heavy atom. The molecule has 9 heteroatoms. The van der Waals surface area contributed by atoms with E-state index < -0.39 is 11.8 Å². The topological polar surface area (TPSA) is 107 Å². The second kappa shape index (κ2) is 12.1. The van der Waals surface area contributed by atoms with Gasteiger partial charge in [-0.05, 0) is 48.4 Å². The van der Waals surface area contributed by atoms with Crippen molar-refractivity contribution in [3.05, 3.63) is 47.5 Å². The number of nitrogens with one attached hydrogen (secondary N) is 2. The zero-order chi connectivity index (χ0) is 22.6. The second-order valence-corrected chi connectivity index (χ2v) is 6.30. The van der Waals surface area contributed by atoms with E-state index in [9.17, 15) is 9.59 Å². The van der Waals surface area contributed by atoms with Gasteiger partial charge in [-0.15, -0.1) is 0 Å². The molecule has 0 saturated carbocycles. The van der Waals surface area contributed by atoms with Crippen LogP contribution in [-0.4, -0.2) is 52.5 Å². The average molecular weight is 429 g/mol. The Labute approximate surface area is 181 Å². The largest absolute Gasteiger partial charge is 0.493 e. The van der Waals surface area contributed by atoms with E-state index in [4.69, 9.17) is 18.9 Å². The minimum Gasteiger partial charge on any atom is -0.493 e. The fourth-order valence-corrected chi connectivity index (χ4v) is 2.55. The number of ether oxygens (including phenoxy) is 4. The van der Waals surface area contributed by atoms with Crippen molar-refractivity contribution in [2.24, 2.45) is 5.10 Å². The van der Waals surface area contributed by atoms with E-state index >= 15 is 0 Å². The van der Waals surface area contributed by atoms with Crippen LogP contribution < -0.4 is 29.7 Å². The van der Waals surface area contributed by atoms with Crippen LogP contribution in [0.1, 0.15) is 29.3 Å². The van der Waals surface area contributed by atoms with Gasteiger partial charge in [-0.2, -0.15) is 5.10 Å². The van der Waals surface area contributed by atoms with Crippen LogP contribution in [0.5, 0.6) is 23.0 Å². The first-order valence-corrected chi connectivity index (χ1v) is 9.65.